The van der Waals surface area contributed by atoms with Crippen LogP contribution in [0.1, 0.15) is 16.2 Å². The number of ether oxygens (including phenoxy) is 1. The molecular weight excluding hydrogens is 391 g/mol. The molecular formula is C18H14ClFN4O2S. The van der Waals surface area contributed by atoms with Crippen molar-refractivity contribution in [3.8, 4) is 5.75 Å². The maximum atomic E-state index is 13.0. The molecule has 6 nitrogen and oxygen atoms in total. The van der Waals surface area contributed by atoms with Crippen molar-refractivity contribution in [2.24, 2.45) is 0 Å². The van der Waals surface area contributed by atoms with E-state index in [1.165, 1.54) is 36.0 Å². The molecule has 0 spiro atoms. The number of fused-ring (bicyclic) bond motifs is 1. The molecule has 138 valence electrons. The molecule has 0 bridgehead atoms. The minimum atomic E-state index is -0.335. The predicted molar refractivity (Wildman–Crippen MR) is 100 cm³/mol. The molecule has 27 heavy (non-hydrogen) atoms. The van der Waals surface area contributed by atoms with Gasteiger partial charge in [-0.25, -0.2) is 14.1 Å². The molecule has 0 N–H and O–H groups in total. The van der Waals surface area contributed by atoms with Crippen LogP contribution in [0.25, 0.3) is 0 Å². The highest BCUT2D eigenvalue weighted by molar-refractivity contribution is 7.99. The first-order chi connectivity index (χ1) is 13.1. The molecule has 1 aliphatic rings. The zero-order chi connectivity index (χ0) is 18.8. The second-order valence-electron chi connectivity index (χ2n) is 5.74. The number of carbonyl (C=O) groups is 1. The molecule has 0 fully saturated rings. The number of rotatable bonds is 4. The smallest absolute Gasteiger partial charge is 0.272 e. The molecule has 0 saturated heterocycles. The highest BCUT2D eigenvalue weighted by Gasteiger charge is 2.28. The first kappa shape index (κ1) is 17.8. The average Bonchev–Trinajstić information content (AvgIpc) is 3.11. The Bertz CT molecular complexity index is 962. The van der Waals surface area contributed by atoms with E-state index < -0.39 is 0 Å². The van der Waals surface area contributed by atoms with Crippen molar-refractivity contribution < 1.29 is 13.9 Å². The van der Waals surface area contributed by atoms with Gasteiger partial charge in [0.05, 0.1) is 6.54 Å². The number of carbonyl (C=O) groups excluding carboxylic acids is 1. The maximum absolute atomic E-state index is 13.0. The van der Waals surface area contributed by atoms with E-state index in [-0.39, 0.29) is 18.3 Å². The number of hydrogen-bond donors (Lipinski definition) is 0. The Kier molecular flexibility index (Phi) is 5.00. The van der Waals surface area contributed by atoms with Crippen LogP contribution in [-0.2, 0) is 6.61 Å². The monoisotopic (exact) mass is 404 g/mol. The summed E-state index contributed by atoms with van der Waals surface area (Å²) in [6.07, 6.45) is 0. The lowest BCUT2D eigenvalue weighted by molar-refractivity contribution is 0.0953. The van der Waals surface area contributed by atoms with E-state index in [1.54, 1.807) is 34.0 Å². The van der Waals surface area contributed by atoms with E-state index in [2.05, 4.69) is 10.2 Å². The van der Waals surface area contributed by atoms with Crippen molar-refractivity contribution in [2.45, 2.75) is 11.8 Å². The summed E-state index contributed by atoms with van der Waals surface area (Å²) in [4.78, 5) is 13.0. The number of hydrogen-bond acceptors (Lipinski definition) is 5. The van der Waals surface area contributed by atoms with Crippen molar-refractivity contribution in [1.82, 2.24) is 14.9 Å². The van der Waals surface area contributed by atoms with Crippen molar-refractivity contribution in [3.63, 3.8) is 0 Å². The first-order valence-electron chi connectivity index (χ1n) is 8.15. The molecule has 1 aliphatic heterocycles. The molecule has 0 radical (unpaired) electrons. The molecule has 0 unspecified atom stereocenters. The Hall–Kier alpha value is -2.58. The van der Waals surface area contributed by atoms with Crippen molar-refractivity contribution in [2.75, 3.05) is 17.3 Å². The lowest BCUT2D eigenvalue weighted by atomic mass is 10.2. The van der Waals surface area contributed by atoms with E-state index in [1.807, 2.05) is 0 Å². The Labute approximate surface area is 163 Å². The second-order valence-corrected chi connectivity index (χ2v) is 7.24. The third kappa shape index (κ3) is 3.77. The number of halogens is 2. The minimum Gasteiger partial charge on any atom is -0.486 e. The molecule has 0 aliphatic carbocycles. The molecule has 1 aromatic heterocycles. The zero-order valence-corrected chi connectivity index (χ0v) is 15.6. The van der Waals surface area contributed by atoms with Gasteiger partial charge >= 0.3 is 0 Å². The topological polar surface area (TPSA) is 60.3 Å². The van der Waals surface area contributed by atoms with Crippen LogP contribution in [0, 0.1) is 5.82 Å². The van der Waals surface area contributed by atoms with Crippen LogP contribution < -0.4 is 9.75 Å². The van der Waals surface area contributed by atoms with Crippen LogP contribution in [0.5, 0.6) is 5.75 Å². The van der Waals surface area contributed by atoms with Crippen LogP contribution in [0.15, 0.2) is 53.7 Å². The molecule has 1 amide bonds. The van der Waals surface area contributed by atoms with Gasteiger partial charge in [-0.2, -0.15) is 0 Å². The predicted octanol–water partition coefficient (Wildman–Crippen LogP) is 3.53. The standard InChI is InChI=1S/C18H14ClFN4O2S/c19-13-3-1-12(2-4-13)17(25)23-9-10-27-18-22-21-16(24(18)23)11-26-15-7-5-14(20)6-8-15/h1-8H,9-11H2. The summed E-state index contributed by atoms with van der Waals surface area (Å²) in [5.41, 5.74) is 0.524. The third-order valence-electron chi connectivity index (χ3n) is 3.96. The Morgan fingerprint density at radius 2 is 1.89 bits per heavy atom. The highest BCUT2D eigenvalue weighted by Crippen LogP contribution is 2.24. The molecule has 4 rings (SSSR count). The number of amides is 1. The van der Waals surface area contributed by atoms with Gasteiger partial charge in [0.2, 0.25) is 5.16 Å². The number of benzene rings is 2. The van der Waals surface area contributed by atoms with E-state index in [0.717, 1.165) is 5.75 Å². The van der Waals surface area contributed by atoms with Crippen LogP contribution in [0.2, 0.25) is 5.02 Å². The van der Waals surface area contributed by atoms with Crippen molar-refractivity contribution in [1.29, 1.82) is 0 Å². The van der Waals surface area contributed by atoms with Crippen LogP contribution in [0.4, 0.5) is 4.39 Å². The van der Waals surface area contributed by atoms with Gasteiger partial charge in [0.25, 0.3) is 5.91 Å². The van der Waals surface area contributed by atoms with Gasteiger partial charge in [0.1, 0.15) is 18.2 Å². The van der Waals surface area contributed by atoms with Crippen LogP contribution in [0.3, 0.4) is 0 Å². The van der Waals surface area contributed by atoms with E-state index >= 15 is 0 Å². The van der Waals surface area contributed by atoms with Gasteiger partial charge in [-0.05, 0) is 48.5 Å². The van der Waals surface area contributed by atoms with Gasteiger partial charge < -0.3 is 4.74 Å². The van der Waals surface area contributed by atoms with E-state index in [0.29, 0.717) is 33.9 Å². The summed E-state index contributed by atoms with van der Waals surface area (Å²) in [6.45, 7) is 0.615. The minimum absolute atomic E-state index is 0.101. The number of aromatic nitrogens is 3. The molecule has 2 aromatic carbocycles. The SMILES string of the molecule is O=C(c1ccc(Cl)cc1)N1CCSc2nnc(COc3ccc(F)cc3)n21. The van der Waals surface area contributed by atoms with Crippen LogP contribution >= 0.6 is 23.4 Å². The summed E-state index contributed by atoms with van der Waals surface area (Å²) < 4.78 is 20.4. The van der Waals surface area contributed by atoms with Gasteiger partial charge in [0, 0.05) is 16.3 Å². The lowest BCUT2D eigenvalue weighted by Crippen LogP contribution is -2.45. The summed E-state index contributed by atoms with van der Waals surface area (Å²) in [5, 5.41) is 11.1. The Morgan fingerprint density at radius 1 is 1.15 bits per heavy atom. The second kappa shape index (κ2) is 7.58. The average molecular weight is 405 g/mol. The molecule has 2 heterocycles. The third-order valence-corrected chi connectivity index (χ3v) is 5.11. The molecule has 3 aromatic rings. The Morgan fingerprint density at radius 3 is 2.63 bits per heavy atom. The fraction of sp³-hybridized carbons (Fsp3) is 0.167. The normalized spacial score (nSPS) is 13.3. The van der Waals surface area contributed by atoms with E-state index in [4.69, 9.17) is 16.3 Å². The first-order valence-corrected chi connectivity index (χ1v) is 9.51. The fourth-order valence-electron chi connectivity index (χ4n) is 2.65. The van der Waals surface area contributed by atoms with Gasteiger partial charge in [-0.15, -0.1) is 10.2 Å². The van der Waals surface area contributed by atoms with Crippen molar-refractivity contribution >= 4 is 29.3 Å². The maximum Gasteiger partial charge on any atom is 0.272 e. The summed E-state index contributed by atoms with van der Waals surface area (Å²) in [5.74, 6) is 1.21. The van der Waals surface area contributed by atoms with Crippen molar-refractivity contribution in [3.05, 3.63) is 70.8 Å². The molecule has 9 heteroatoms. The van der Waals surface area contributed by atoms with Gasteiger partial charge in [-0.3, -0.25) is 4.79 Å². The van der Waals surface area contributed by atoms with Gasteiger partial charge in [-0.1, -0.05) is 23.4 Å². The summed E-state index contributed by atoms with van der Waals surface area (Å²) in [6, 6.07) is 12.4. The quantitative estimate of drug-likeness (QED) is 0.665. The van der Waals surface area contributed by atoms with Crippen LogP contribution in [-0.4, -0.2) is 33.1 Å². The van der Waals surface area contributed by atoms with E-state index in [9.17, 15) is 9.18 Å². The summed E-state index contributed by atoms with van der Waals surface area (Å²) >= 11 is 7.43. The fourth-order valence-corrected chi connectivity index (χ4v) is 3.65. The molecule has 0 saturated carbocycles. The number of nitrogens with zero attached hydrogens (tertiary/aromatic N) is 4. The number of thioether (sulfide) groups is 1. The zero-order valence-electron chi connectivity index (χ0n) is 14.0. The van der Waals surface area contributed by atoms with Gasteiger partial charge in [0.15, 0.2) is 5.82 Å². The largest absolute Gasteiger partial charge is 0.486 e. The molecule has 0 atom stereocenters. The summed E-state index contributed by atoms with van der Waals surface area (Å²) in [7, 11) is 0. The highest BCUT2D eigenvalue weighted by atomic mass is 35.5. The lowest BCUT2D eigenvalue weighted by Gasteiger charge is -2.29. The Balaban J connectivity index is 1.58.